The van der Waals surface area contributed by atoms with Crippen LogP contribution >= 0.6 is 0 Å². The van der Waals surface area contributed by atoms with E-state index in [1.165, 1.54) is 4.68 Å². The third-order valence-electron chi connectivity index (χ3n) is 3.88. The van der Waals surface area contributed by atoms with Gasteiger partial charge in [0.25, 0.3) is 0 Å². The van der Waals surface area contributed by atoms with Gasteiger partial charge in [0.2, 0.25) is 5.91 Å². The van der Waals surface area contributed by atoms with Crippen molar-refractivity contribution in [3.63, 3.8) is 0 Å². The van der Waals surface area contributed by atoms with Crippen LogP contribution in [0.4, 0.5) is 4.79 Å². The zero-order valence-corrected chi connectivity index (χ0v) is 11.5. The number of amides is 2. The molecule has 2 N–H and O–H groups in total. The second-order valence-electron chi connectivity index (χ2n) is 5.24. The summed E-state index contributed by atoms with van der Waals surface area (Å²) in [4.78, 5) is 25.0. The van der Waals surface area contributed by atoms with Gasteiger partial charge in [0.15, 0.2) is 0 Å². The normalized spacial score (nSPS) is 15.3. The fourth-order valence-corrected chi connectivity index (χ4v) is 2.87. The van der Waals surface area contributed by atoms with Crippen molar-refractivity contribution in [2.75, 3.05) is 7.05 Å². The Morgan fingerprint density at radius 1 is 1.40 bits per heavy atom. The Balaban J connectivity index is 2.28. The van der Waals surface area contributed by atoms with E-state index in [9.17, 15) is 9.59 Å². The molecule has 0 aliphatic carbocycles. The molecule has 0 saturated carbocycles. The molecule has 1 aromatic heterocycles. The van der Waals surface area contributed by atoms with E-state index < -0.39 is 6.03 Å². The van der Waals surface area contributed by atoms with Crippen molar-refractivity contribution in [2.24, 2.45) is 5.73 Å². The highest BCUT2D eigenvalue weighted by atomic mass is 16.2. The number of aryl methyl sites for hydroxylation is 2. The topological polar surface area (TPSA) is 81.2 Å². The van der Waals surface area contributed by atoms with Gasteiger partial charge in [0, 0.05) is 25.4 Å². The fourth-order valence-electron chi connectivity index (χ4n) is 2.87. The summed E-state index contributed by atoms with van der Waals surface area (Å²) in [6, 6.07) is 1.44. The maximum Gasteiger partial charge on any atom is 0.340 e. The van der Waals surface area contributed by atoms with Crippen LogP contribution < -0.4 is 5.73 Å². The van der Waals surface area contributed by atoms with Crippen LogP contribution in [0.5, 0.6) is 0 Å². The van der Waals surface area contributed by atoms with Crippen molar-refractivity contribution in [1.29, 1.82) is 0 Å². The van der Waals surface area contributed by atoms with Gasteiger partial charge in [-0.25, -0.2) is 4.79 Å². The van der Waals surface area contributed by atoms with Crippen molar-refractivity contribution in [1.82, 2.24) is 14.7 Å². The average molecular weight is 272 g/mol. The number of fused-ring (bicyclic) bond motifs is 3. The maximum absolute atomic E-state index is 11.8. The summed E-state index contributed by atoms with van der Waals surface area (Å²) >= 11 is 0. The van der Waals surface area contributed by atoms with Crippen LogP contribution in [0, 0.1) is 6.92 Å². The smallest absolute Gasteiger partial charge is 0.340 e. The van der Waals surface area contributed by atoms with Gasteiger partial charge in [-0.1, -0.05) is 6.07 Å². The quantitative estimate of drug-likeness (QED) is 0.781. The van der Waals surface area contributed by atoms with E-state index in [1.807, 2.05) is 13.0 Å². The first-order valence-electron chi connectivity index (χ1n) is 6.52. The monoisotopic (exact) mass is 272 g/mol. The lowest BCUT2D eigenvalue weighted by molar-refractivity contribution is -0.130. The Hall–Kier alpha value is -2.37. The van der Waals surface area contributed by atoms with Crippen LogP contribution in [0.2, 0.25) is 0 Å². The Labute approximate surface area is 116 Å². The first kappa shape index (κ1) is 12.7. The molecule has 0 bridgehead atoms. The number of carbonyl (C=O) groups excluding carboxylic acids is 2. The van der Waals surface area contributed by atoms with Gasteiger partial charge < -0.3 is 10.6 Å². The number of hydrogen-bond acceptors (Lipinski definition) is 3. The summed E-state index contributed by atoms with van der Waals surface area (Å²) < 4.78 is 1.22. The van der Waals surface area contributed by atoms with Crippen LogP contribution in [0.1, 0.15) is 23.1 Å². The molecule has 0 fully saturated rings. The fraction of sp³-hybridized carbons (Fsp3) is 0.357. The summed E-state index contributed by atoms with van der Waals surface area (Å²) in [6.07, 6.45) is 2.89. The lowest BCUT2D eigenvalue weighted by atomic mass is 9.97. The molecule has 1 aliphatic heterocycles. The number of aromatic nitrogens is 2. The third-order valence-corrected chi connectivity index (χ3v) is 3.88. The molecular formula is C14H16N4O2. The molecule has 0 saturated heterocycles. The number of rotatable bonds is 0. The number of nitrogens with zero attached hydrogens (tertiary/aromatic N) is 3. The molecule has 2 heterocycles. The minimum Gasteiger partial charge on any atom is -0.350 e. The first-order valence-corrected chi connectivity index (χ1v) is 6.52. The number of nitrogens with two attached hydrogens (primary N) is 1. The van der Waals surface area contributed by atoms with Crippen molar-refractivity contribution in [3.8, 4) is 0 Å². The third kappa shape index (κ3) is 1.76. The van der Waals surface area contributed by atoms with Gasteiger partial charge in [-0.15, -0.1) is 0 Å². The molecule has 6 nitrogen and oxygen atoms in total. The Bertz CT molecular complexity index is 732. The Morgan fingerprint density at radius 3 is 2.85 bits per heavy atom. The summed E-state index contributed by atoms with van der Waals surface area (Å²) in [6.45, 7) is 2.47. The molecule has 2 aromatic rings. The summed E-state index contributed by atoms with van der Waals surface area (Å²) in [7, 11) is 1.79. The van der Waals surface area contributed by atoms with E-state index in [-0.39, 0.29) is 5.91 Å². The van der Waals surface area contributed by atoms with Crippen LogP contribution in [0.15, 0.2) is 12.3 Å². The van der Waals surface area contributed by atoms with Crippen LogP contribution in [-0.4, -0.2) is 33.7 Å². The molecule has 1 aromatic carbocycles. The van der Waals surface area contributed by atoms with Crippen molar-refractivity contribution < 1.29 is 9.59 Å². The SMILES string of the molecule is Cc1cc2c(c3cnn(C(N)=O)c13)CN(C)C(=O)CC2. The summed E-state index contributed by atoms with van der Waals surface area (Å²) in [5.74, 6) is 0.134. The minimum atomic E-state index is -0.596. The van der Waals surface area contributed by atoms with Gasteiger partial charge in [0.05, 0.1) is 11.7 Å². The zero-order chi connectivity index (χ0) is 14.4. The number of benzene rings is 1. The second-order valence-corrected chi connectivity index (χ2v) is 5.24. The van der Waals surface area contributed by atoms with Crippen LogP contribution in [0.3, 0.4) is 0 Å². The minimum absolute atomic E-state index is 0.134. The molecule has 0 spiro atoms. The molecule has 0 atom stereocenters. The summed E-state index contributed by atoms with van der Waals surface area (Å²) in [5.41, 5.74) is 9.24. The van der Waals surface area contributed by atoms with E-state index in [1.54, 1.807) is 18.1 Å². The number of primary amides is 1. The van der Waals surface area contributed by atoms with Gasteiger partial charge >= 0.3 is 6.03 Å². The molecule has 1 aliphatic rings. The van der Waals surface area contributed by atoms with Gasteiger partial charge in [0.1, 0.15) is 0 Å². The molecule has 0 unspecified atom stereocenters. The number of carbonyl (C=O) groups is 2. The van der Waals surface area contributed by atoms with E-state index in [0.29, 0.717) is 13.0 Å². The van der Waals surface area contributed by atoms with E-state index >= 15 is 0 Å². The molecule has 20 heavy (non-hydrogen) atoms. The molecule has 3 rings (SSSR count). The molecule has 6 heteroatoms. The Kier molecular flexibility index (Phi) is 2.74. The average Bonchev–Trinajstić information content (AvgIpc) is 2.79. The van der Waals surface area contributed by atoms with Crippen molar-refractivity contribution in [3.05, 3.63) is 29.0 Å². The van der Waals surface area contributed by atoms with Crippen molar-refractivity contribution in [2.45, 2.75) is 26.3 Å². The second kappa shape index (κ2) is 4.33. The predicted octanol–water partition coefficient (Wildman–Crippen LogP) is 1.18. The highest BCUT2D eigenvalue weighted by Gasteiger charge is 2.22. The highest BCUT2D eigenvalue weighted by molar-refractivity contribution is 5.94. The van der Waals surface area contributed by atoms with E-state index in [0.717, 1.165) is 34.0 Å². The van der Waals surface area contributed by atoms with Gasteiger partial charge in [-0.2, -0.15) is 9.78 Å². The van der Waals surface area contributed by atoms with Crippen LogP contribution in [-0.2, 0) is 17.8 Å². The zero-order valence-electron chi connectivity index (χ0n) is 11.5. The molecule has 104 valence electrons. The van der Waals surface area contributed by atoms with Gasteiger partial charge in [-0.3, -0.25) is 4.79 Å². The van der Waals surface area contributed by atoms with Gasteiger partial charge in [-0.05, 0) is 30.0 Å². The number of hydrogen-bond donors (Lipinski definition) is 1. The van der Waals surface area contributed by atoms with Crippen molar-refractivity contribution >= 4 is 22.8 Å². The lowest BCUT2D eigenvalue weighted by Gasteiger charge is -2.15. The van der Waals surface area contributed by atoms with Crippen LogP contribution in [0.25, 0.3) is 10.9 Å². The first-order chi connectivity index (χ1) is 9.49. The molecular weight excluding hydrogens is 256 g/mol. The molecule has 0 radical (unpaired) electrons. The highest BCUT2D eigenvalue weighted by Crippen LogP contribution is 2.29. The summed E-state index contributed by atoms with van der Waals surface area (Å²) in [5, 5.41) is 4.98. The van der Waals surface area contributed by atoms with E-state index in [4.69, 9.17) is 5.73 Å². The molecule has 2 amide bonds. The Morgan fingerprint density at radius 2 is 2.15 bits per heavy atom. The maximum atomic E-state index is 11.8. The van der Waals surface area contributed by atoms with E-state index in [2.05, 4.69) is 5.10 Å². The lowest BCUT2D eigenvalue weighted by Crippen LogP contribution is -2.24. The largest absolute Gasteiger partial charge is 0.350 e. The standard InChI is InChI=1S/C14H16N4O2/c1-8-5-9-3-4-12(19)17(2)7-11(9)10-6-16-18(13(8)10)14(15)20/h5-6H,3-4,7H2,1-2H3,(H2,15,20). The predicted molar refractivity (Wildman–Crippen MR) is 74.2 cm³/mol.